The predicted octanol–water partition coefficient (Wildman–Crippen LogP) is 2.49. The van der Waals surface area contributed by atoms with Crippen molar-refractivity contribution in [1.29, 1.82) is 0 Å². The summed E-state index contributed by atoms with van der Waals surface area (Å²) in [6, 6.07) is 4.08. The number of rotatable bonds is 2. The zero-order valence-corrected chi connectivity index (χ0v) is 13.9. The standard InChI is InChI=1S/C9H8O3.C6H9NO2.C2H6/c1-6(11)9-3-2-8(12)4-7(9)5-10;1-4-2-3-5(8)7-6(4)9;1-2/h2-5,12H,1H3;4H,2-3H2,1H3,(H,7,8,9);1-2H3. The number of phenols is 1. The van der Waals surface area contributed by atoms with Gasteiger partial charge in [0, 0.05) is 23.5 Å². The highest BCUT2D eigenvalue weighted by Gasteiger charge is 2.21. The second-order valence-corrected chi connectivity index (χ2v) is 4.80. The largest absolute Gasteiger partial charge is 0.508 e. The van der Waals surface area contributed by atoms with Crippen LogP contribution < -0.4 is 5.32 Å². The molecule has 1 saturated heterocycles. The molecule has 6 heteroatoms. The first-order valence-electron chi connectivity index (χ1n) is 7.48. The van der Waals surface area contributed by atoms with Crippen molar-refractivity contribution in [2.45, 2.75) is 40.5 Å². The molecule has 1 unspecified atom stereocenters. The van der Waals surface area contributed by atoms with Gasteiger partial charge in [-0.25, -0.2) is 0 Å². The average molecular weight is 321 g/mol. The topological polar surface area (TPSA) is 101 Å². The number of aldehydes is 1. The number of Topliss-reactive ketones (excluding diaryl/α,β-unsaturated/α-hetero) is 1. The van der Waals surface area contributed by atoms with Gasteiger partial charge in [0.25, 0.3) is 0 Å². The predicted molar refractivity (Wildman–Crippen MR) is 86.4 cm³/mol. The van der Waals surface area contributed by atoms with E-state index in [1.807, 2.05) is 20.8 Å². The van der Waals surface area contributed by atoms with Crippen molar-refractivity contribution in [1.82, 2.24) is 5.32 Å². The fourth-order valence-electron chi connectivity index (χ4n) is 1.77. The lowest BCUT2D eigenvalue weighted by atomic mass is 10.0. The quantitative estimate of drug-likeness (QED) is 0.495. The van der Waals surface area contributed by atoms with Gasteiger partial charge in [0.1, 0.15) is 5.75 Å². The molecule has 2 amide bonds. The van der Waals surface area contributed by atoms with Crippen molar-refractivity contribution >= 4 is 23.9 Å². The van der Waals surface area contributed by atoms with Gasteiger partial charge in [-0.2, -0.15) is 0 Å². The lowest BCUT2D eigenvalue weighted by Crippen LogP contribution is -2.39. The smallest absolute Gasteiger partial charge is 0.229 e. The first-order chi connectivity index (χ1) is 10.8. The molecule has 2 rings (SSSR count). The zero-order valence-electron chi connectivity index (χ0n) is 13.9. The highest BCUT2D eigenvalue weighted by atomic mass is 16.3. The molecule has 0 radical (unpaired) electrons. The number of nitrogens with one attached hydrogen (secondary N) is 1. The fraction of sp³-hybridized carbons (Fsp3) is 0.412. The van der Waals surface area contributed by atoms with E-state index in [1.165, 1.54) is 25.1 Å². The number of piperidine rings is 1. The molecule has 0 bridgehead atoms. The first kappa shape index (κ1) is 20.5. The van der Waals surface area contributed by atoms with Gasteiger partial charge >= 0.3 is 0 Å². The lowest BCUT2D eigenvalue weighted by molar-refractivity contribution is -0.135. The van der Waals surface area contributed by atoms with Crippen molar-refractivity contribution in [2.75, 3.05) is 0 Å². The second-order valence-electron chi connectivity index (χ2n) is 4.80. The summed E-state index contributed by atoms with van der Waals surface area (Å²) >= 11 is 0. The monoisotopic (exact) mass is 321 g/mol. The summed E-state index contributed by atoms with van der Waals surface area (Å²) in [5.41, 5.74) is 0.560. The summed E-state index contributed by atoms with van der Waals surface area (Å²) < 4.78 is 0. The lowest BCUT2D eigenvalue weighted by Gasteiger charge is -2.15. The Morgan fingerprint density at radius 3 is 2.35 bits per heavy atom. The Kier molecular flexibility index (Phi) is 9.15. The first-order valence-corrected chi connectivity index (χ1v) is 7.48. The number of benzene rings is 1. The maximum Gasteiger partial charge on any atom is 0.229 e. The molecule has 0 saturated carbocycles. The van der Waals surface area contributed by atoms with E-state index in [9.17, 15) is 19.2 Å². The summed E-state index contributed by atoms with van der Waals surface area (Å²) in [7, 11) is 0. The Bertz CT molecular complexity index is 580. The van der Waals surface area contributed by atoms with Crippen LogP contribution in [0.15, 0.2) is 18.2 Å². The van der Waals surface area contributed by atoms with Gasteiger partial charge in [-0.15, -0.1) is 0 Å². The third-order valence-electron chi connectivity index (χ3n) is 3.06. The van der Waals surface area contributed by atoms with Crippen LogP contribution in [0.4, 0.5) is 0 Å². The number of aromatic hydroxyl groups is 1. The minimum absolute atomic E-state index is 0.0119. The van der Waals surface area contributed by atoms with Gasteiger partial charge in [-0.05, 0) is 31.5 Å². The van der Waals surface area contributed by atoms with Crippen LogP contribution in [0.1, 0.15) is 61.3 Å². The molecular weight excluding hydrogens is 298 g/mol. The van der Waals surface area contributed by atoms with Crippen molar-refractivity contribution in [3.63, 3.8) is 0 Å². The van der Waals surface area contributed by atoms with E-state index < -0.39 is 0 Å². The van der Waals surface area contributed by atoms with Crippen molar-refractivity contribution in [2.24, 2.45) is 5.92 Å². The van der Waals surface area contributed by atoms with Gasteiger partial charge in [-0.3, -0.25) is 24.5 Å². The number of ketones is 1. The number of carbonyl (C=O) groups is 4. The zero-order chi connectivity index (χ0) is 18.0. The third kappa shape index (κ3) is 6.86. The number of hydrogen-bond acceptors (Lipinski definition) is 5. The van der Waals surface area contributed by atoms with Gasteiger partial charge in [0.15, 0.2) is 12.1 Å². The van der Waals surface area contributed by atoms with E-state index in [0.29, 0.717) is 24.7 Å². The van der Waals surface area contributed by atoms with E-state index in [2.05, 4.69) is 5.32 Å². The molecule has 2 N–H and O–H groups in total. The Labute approximate surface area is 135 Å². The van der Waals surface area contributed by atoms with Gasteiger partial charge in [-0.1, -0.05) is 20.8 Å². The molecule has 1 heterocycles. The second kappa shape index (κ2) is 10.3. The van der Waals surface area contributed by atoms with Crippen LogP contribution in [0.5, 0.6) is 5.75 Å². The van der Waals surface area contributed by atoms with Crippen molar-refractivity contribution < 1.29 is 24.3 Å². The highest BCUT2D eigenvalue weighted by molar-refractivity contribution is 6.01. The molecule has 1 aromatic rings. The molecule has 1 fully saturated rings. The minimum Gasteiger partial charge on any atom is -0.508 e. The third-order valence-corrected chi connectivity index (χ3v) is 3.06. The summed E-state index contributed by atoms with van der Waals surface area (Å²) in [5, 5.41) is 11.2. The number of amides is 2. The molecule has 126 valence electrons. The Morgan fingerprint density at radius 1 is 1.30 bits per heavy atom. The number of phenolic OH excluding ortho intramolecular Hbond substituents is 1. The SMILES string of the molecule is CC.CC(=O)c1ccc(O)cc1C=O.CC1CCC(=O)NC1=O. The maximum atomic E-state index is 10.9. The van der Waals surface area contributed by atoms with E-state index in [0.717, 1.165) is 0 Å². The van der Waals surface area contributed by atoms with Crippen LogP contribution in [-0.4, -0.2) is 29.0 Å². The normalized spacial score (nSPS) is 16.1. The Balaban J connectivity index is 0.000000392. The molecule has 0 aromatic heterocycles. The van der Waals surface area contributed by atoms with E-state index in [4.69, 9.17) is 5.11 Å². The molecule has 1 aliphatic rings. The van der Waals surface area contributed by atoms with Gasteiger partial charge in [0.05, 0.1) is 0 Å². The van der Waals surface area contributed by atoms with Crippen LogP contribution in [0.25, 0.3) is 0 Å². The average Bonchev–Trinajstić information content (AvgIpc) is 2.53. The summed E-state index contributed by atoms with van der Waals surface area (Å²) in [6.45, 7) is 7.20. The van der Waals surface area contributed by atoms with Crippen LogP contribution in [-0.2, 0) is 9.59 Å². The van der Waals surface area contributed by atoms with E-state index >= 15 is 0 Å². The minimum atomic E-state index is -0.183. The summed E-state index contributed by atoms with van der Waals surface area (Å²) in [4.78, 5) is 42.5. The van der Waals surface area contributed by atoms with Crippen LogP contribution in [0, 0.1) is 5.92 Å². The maximum absolute atomic E-state index is 10.9. The van der Waals surface area contributed by atoms with E-state index in [1.54, 1.807) is 0 Å². The Hall–Kier alpha value is -2.50. The molecule has 23 heavy (non-hydrogen) atoms. The number of hydrogen-bond donors (Lipinski definition) is 2. The number of imide groups is 1. The molecule has 0 spiro atoms. The van der Waals surface area contributed by atoms with Crippen LogP contribution in [0.3, 0.4) is 0 Å². The molecule has 1 aromatic carbocycles. The Morgan fingerprint density at radius 2 is 1.91 bits per heavy atom. The van der Waals surface area contributed by atoms with Crippen molar-refractivity contribution in [3.8, 4) is 5.75 Å². The molecule has 1 atom stereocenters. The number of carbonyl (C=O) groups excluding carboxylic acids is 4. The molecule has 0 aliphatic carbocycles. The fourth-order valence-corrected chi connectivity index (χ4v) is 1.77. The molecule has 6 nitrogen and oxygen atoms in total. The highest BCUT2D eigenvalue weighted by Crippen LogP contribution is 2.15. The van der Waals surface area contributed by atoms with E-state index in [-0.39, 0.29) is 34.8 Å². The molecular formula is C17H23NO5. The van der Waals surface area contributed by atoms with Gasteiger partial charge in [0.2, 0.25) is 11.8 Å². The summed E-state index contributed by atoms with van der Waals surface area (Å²) in [5.74, 6) is -0.453. The van der Waals surface area contributed by atoms with Crippen LogP contribution >= 0.6 is 0 Å². The molecule has 1 aliphatic heterocycles. The van der Waals surface area contributed by atoms with Gasteiger partial charge < -0.3 is 5.11 Å². The van der Waals surface area contributed by atoms with Crippen molar-refractivity contribution in [3.05, 3.63) is 29.3 Å². The summed E-state index contributed by atoms with van der Waals surface area (Å²) in [6.07, 6.45) is 1.74. The van der Waals surface area contributed by atoms with Crippen LogP contribution in [0.2, 0.25) is 0 Å².